The molecular formula is C13H15NO2. The number of hydrogen-bond acceptors (Lipinski definition) is 2. The van der Waals surface area contributed by atoms with E-state index in [-0.39, 0.29) is 5.92 Å². The number of pyridine rings is 1. The third kappa shape index (κ3) is 1.73. The molecule has 84 valence electrons. The molecule has 3 nitrogen and oxygen atoms in total. The monoisotopic (exact) mass is 217 g/mol. The molecule has 0 radical (unpaired) electrons. The molecule has 2 rings (SSSR count). The van der Waals surface area contributed by atoms with E-state index in [4.69, 9.17) is 0 Å². The van der Waals surface area contributed by atoms with Crippen molar-refractivity contribution in [1.29, 1.82) is 0 Å². The first-order valence-corrected chi connectivity index (χ1v) is 5.45. The lowest BCUT2D eigenvalue weighted by atomic mass is 9.94. The number of aromatic nitrogens is 1. The van der Waals surface area contributed by atoms with Crippen molar-refractivity contribution in [3.8, 4) is 0 Å². The van der Waals surface area contributed by atoms with Gasteiger partial charge < -0.3 is 5.11 Å². The van der Waals surface area contributed by atoms with E-state index in [9.17, 15) is 9.90 Å². The highest BCUT2D eigenvalue weighted by molar-refractivity contribution is 5.80. The Kier molecular flexibility index (Phi) is 2.77. The minimum Gasteiger partial charge on any atom is -0.481 e. The van der Waals surface area contributed by atoms with Crippen LogP contribution >= 0.6 is 0 Å². The standard InChI is InChI=1S/C13H15NO2/c1-2-3-6-13(12(15)16)9-11(13)10-4-7-14-8-5-10/h2,4-5,7-8,11H,1,3,6,9H2,(H,15,16). The average molecular weight is 217 g/mol. The molecule has 1 aliphatic carbocycles. The van der Waals surface area contributed by atoms with E-state index in [0.717, 1.165) is 18.4 Å². The van der Waals surface area contributed by atoms with Gasteiger partial charge in [0.25, 0.3) is 0 Å². The van der Waals surface area contributed by atoms with E-state index in [0.29, 0.717) is 6.42 Å². The second kappa shape index (κ2) is 4.08. The van der Waals surface area contributed by atoms with Gasteiger partial charge in [-0.2, -0.15) is 0 Å². The lowest BCUT2D eigenvalue weighted by molar-refractivity contribution is -0.143. The van der Waals surface area contributed by atoms with Crippen LogP contribution in [0.4, 0.5) is 0 Å². The van der Waals surface area contributed by atoms with Crippen molar-refractivity contribution in [3.63, 3.8) is 0 Å². The maximum atomic E-state index is 11.3. The minimum absolute atomic E-state index is 0.146. The molecule has 1 saturated carbocycles. The van der Waals surface area contributed by atoms with Crippen LogP contribution in [0.3, 0.4) is 0 Å². The summed E-state index contributed by atoms with van der Waals surface area (Å²) < 4.78 is 0. The fourth-order valence-electron chi connectivity index (χ4n) is 2.32. The van der Waals surface area contributed by atoms with E-state index in [1.807, 2.05) is 12.1 Å². The van der Waals surface area contributed by atoms with Gasteiger partial charge in [0, 0.05) is 18.3 Å². The van der Waals surface area contributed by atoms with Crippen LogP contribution in [0.5, 0.6) is 0 Å². The number of carboxylic acids is 1. The van der Waals surface area contributed by atoms with Gasteiger partial charge in [-0.15, -0.1) is 6.58 Å². The molecule has 1 heterocycles. The fraction of sp³-hybridized carbons (Fsp3) is 0.385. The zero-order valence-corrected chi connectivity index (χ0v) is 9.10. The zero-order chi connectivity index (χ0) is 11.6. The zero-order valence-electron chi connectivity index (χ0n) is 9.10. The van der Waals surface area contributed by atoms with Crippen molar-refractivity contribution < 1.29 is 9.90 Å². The van der Waals surface area contributed by atoms with Crippen molar-refractivity contribution >= 4 is 5.97 Å². The number of allylic oxidation sites excluding steroid dienone is 1. The lowest BCUT2D eigenvalue weighted by Gasteiger charge is -2.10. The Balaban J connectivity index is 2.16. The van der Waals surface area contributed by atoms with Crippen LogP contribution in [-0.4, -0.2) is 16.1 Å². The van der Waals surface area contributed by atoms with Crippen molar-refractivity contribution in [3.05, 3.63) is 42.7 Å². The van der Waals surface area contributed by atoms with E-state index >= 15 is 0 Å². The minimum atomic E-state index is -0.684. The molecule has 2 atom stereocenters. The van der Waals surface area contributed by atoms with Crippen LogP contribution in [0.15, 0.2) is 37.2 Å². The van der Waals surface area contributed by atoms with E-state index in [2.05, 4.69) is 11.6 Å². The van der Waals surface area contributed by atoms with Gasteiger partial charge >= 0.3 is 5.97 Å². The normalized spacial score (nSPS) is 27.4. The molecule has 0 aromatic carbocycles. The molecule has 3 heteroatoms. The first-order chi connectivity index (χ1) is 7.70. The van der Waals surface area contributed by atoms with E-state index in [1.165, 1.54) is 0 Å². The summed E-state index contributed by atoms with van der Waals surface area (Å²) in [5, 5.41) is 9.31. The van der Waals surface area contributed by atoms with Crippen LogP contribution < -0.4 is 0 Å². The third-order valence-corrected chi connectivity index (χ3v) is 3.40. The van der Waals surface area contributed by atoms with Gasteiger partial charge in [-0.3, -0.25) is 9.78 Å². The summed E-state index contributed by atoms with van der Waals surface area (Å²) in [6.45, 7) is 3.65. The number of rotatable bonds is 5. The Hall–Kier alpha value is -1.64. The van der Waals surface area contributed by atoms with Gasteiger partial charge in [0.05, 0.1) is 5.41 Å². The first kappa shape index (κ1) is 10.9. The van der Waals surface area contributed by atoms with Gasteiger partial charge in [0.1, 0.15) is 0 Å². The van der Waals surface area contributed by atoms with E-state index in [1.54, 1.807) is 18.5 Å². The Morgan fingerprint density at radius 1 is 1.62 bits per heavy atom. The number of carboxylic acid groups (broad SMARTS) is 1. The van der Waals surface area contributed by atoms with Gasteiger partial charge in [0.15, 0.2) is 0 Å². The summed E-state index contributed by atoms with van der Waals surface area (Å²) in [5.74, 6) is -0.538. The quantitative estimate of drug-likeness (QED) is 0.771. The number of nitrogens with zero attached hydrogens (tertiary/aromatic N) is 1. The average Bonchev–Trinajstić information content (AvgIpc) is 3.04. The molecular weight excluding hydrogens is 202 g/mol. The molecule has 16 heavy (non-hydrogen) atoms. The van der Waals surface area contributed by atoms with Crippen molar-refractivity contribution in [1.82, 2.24) is 4.98 Å². The van der Waals surface area contributed by atoms with Crippen LogP contribution in [-0.2, 0) is 4.79 Å². The molecule has 0 bridgehead atoms. The Morgan fingerprint density at radius 3 is 2.88 bits per heavy atom. The van der Waals surface area contributed by atoms with Crippen molar-refractivity contribution in [2.45, 2.75) is 25.2 Å². The smallest absolute Gasteiger partial charge is 0.310 e. The molecule has 1 aromatic heterocycles. The summed E-state index contributed by atoms with van der Waals surface area (Å²) in [6.07, 6.45) is 7.39. The van der Waals surface area contributed by atoms with Gasteiger partial charge in [-0.1, -0.05) is 6.08 Å². The largest absolute Gasteiger partial charge is 0.481 e. The molecule has 1 aliphatic rings. The first-order valence-electron chi connectivity index (χ1n) is 5.45. The second-order valence-electron chi connectivity index (χ2n) is 4.33. The second-order valence-corrected chi connectivity index (χ2v) is 4.33. The van der Waals surface area contributed by atoms with Gasteiger partial charge in [-0.05, 0) is 37.0 Å². The SMILES string of the molecule is C=CCCC1(C(=O)O)CC1c1ccncc1. The predicted octanol–water partition coefficient (Wildman–Crippen LogP) is 2.61. The summed E-state index contributed by atoms with van der Waals surface area (Å²) in [7, 11) is 0. The molecule has 1 N–H and O–H groups in total. The van der Waals surface area contributed by atoms with Crippen LogP contribution in [0, 0.1) is 5.41 Å². The maximum absolute atomic E-state index is 11.3. The number of aliphatic carboxylic acids is 1. The summed E-state index contributed by atoms with van der Waals surface area (Å²) in [4.78, 5) is 15.3. The highest BCUT2D eigenvalue weighted by atomic mass is 16.4. The van der Waals surface area contributed by atoms with E-state index < -0.39 is 11.4 Å². The molecule has 0 amide bonds. The van der Waals surface area contributed by atoms with Crippen LogP contribution in [0.25, 0.3) is 0 Å². The highest BCUT2D eigenvalue weighted by Crippen LogP contribution is 2.62. The lowest BCUT2D eigenvalue weighted by Crippen LogP contribution is -2.16. The molecule has 2 unspecified atom stereocenters. The fourth-order valence-corrected chi connectivity index (χ4v) is 2.32. The molecule has 1 aromatic rings. The molecule has 0 spiro atoms. The predicted molar refractivity (Wildman–Crippen MR) is 61.1 cm³/mol. The summed E-state index contributed by atoms with van der Waals surface area (Å²) >= 11 is 0. The topological polar surface area (TPSA) is 50.2 Å². The highest BCUT2D eigenvalue weighted by Gasteiger charge is 2.59. The van der Waals surface area contributed by atoms with Crippen molar-refractivity contribution in [2.24, 2.45) is 5.41 Å². The van der Waals surface area contributed by atoms with Crippen LogP contribution in [0.1, 0.15) is 30.7 Å². The third-order valence-electron chi connectivity index (χ3n) is 3.40. The van der Waals surface area contributed by atoms with Gasteiger partial charge in [-0.25, -0.2) is 0 Å². The maximum Gasteiger partial charge on any atom is 0.310 e. The van der Waals surface area contributed by atoms with Crippen molar-refractivity contribution in [2.75, 3.05) is 0 Å². The van der Waals surface area contributed by atoms with Crippen LogP contribution in [0.2, 0.25) is 0 Å². The molecule has 0 saturated heterocycles. The molecule has 1 fully saturated rings. The summed E-state index contributed by atoms with van der Waals surface area (Å²) in [5.41, 5.74) is 0.525. The molecule has 0 aliphatic heterocycles. The number of hydrogen-bond donors (Lipinski definition) is 1. The van der Waals surface area contributed by atoms with Gasteiger partial charge in [0.2, 0.25) is 0 Å². The number of carbonyl (C=O) groups is 1. The Morgan fingerprint density at radius 2 is 2.31 bits per heavy atom. The Bertz CT molecular complexity index is 402. The Labute approximate surface area is 94.8 Å². The summed E-state index contributed by atoms with van der Waals surface area (Å²) in [6, 6.07) is 3.81.